The average molecular weight is 347 g/mol. The lowest BCUT2D eigenvalue weighted by molar-refractivity contribution is -0.136. The zero-order valence-corrected chi connectivity index (χ0v) is 12.3. The van der Waals surface area contributed by atoms with E-state index in [4.69, 9.17) is 11.6 Å². The smallest absolute Gasteiger partial charge is 0.334 e. The summed E-state index contributed by atoms with van der Waals surface area (Å²) >= 11 is 5.55. The lowest BCUT2D eigenvalue weighted by Gasteiger charge is -2.14. The van der Waals surface area contributed by atoms with E-state index in [2.05, 4.69) is 10.6 Å². The van der Waals surface area contributed by atoms with Crippen molar-refractivity contribution < 1.29 is 22.4 Å². The maximum absolute atomic E-state index is 13.0. The molecule has 0 fully saturated rings. The Labute approximate surface area is 134 Å². The summed E-state index contributed by atoms with van der Waals surface area (Å²) in [5.41, 5.74) is -0.989. The highest BCUT2D eigenvalue weighted by Gasteiger charge is 2.34. The van der Waals surface area contributed by atoms with Gasteiger partial charge in [0.15, 0.2) is 0 Å². The number of halogens is 5. The second kappa shape index (κ2) is 6.87. The molecule has 0 saturated carbocycles. The van der Waals surface area contributed by atoms with Gasteiger partial charge in [0.2, 0.25) is 0 Å². The molecule has 0 heterocycles. The predicted octanol–water partition coefficient (Wildman–Crippen LogP) is 4.82. The van der Waals surface area contributed by atoms with Crippen LogP contribution in [0.1, 0.15) is 11.1 Å². The quantitative estimate of drug-likeness (QED) is 0.769. The van der Waals surface area contributed by atoms with Crippen LogP contribution < -0.4 is 10.6 Å². The minimum absolute atomic E-state index is 0.0292. The highest BCUT2D eigenvalue weighted by Crippen LogP contribution is 2.36. The van der Waals surface area contributed by atoms with E-state index >= 15 is 0 Å². The number of alkyl halides is 3. The first-order valence-corrected chi connectivity index (χ1v) is 6.79. The third-order valence-corrected chi connectivity index (χ3v) is 3.11. The zero-order valence-electron chi connectivity index (χ0n) is 11.5. The van der Waals surface area contributed by atoms with Crippen LogP contribution in [0.5, 0.6) is 0 Å². The molecule has 3 nitrogen and oxygen atoms in total. The normalized spacial score (nSPS) is 11.2. The van der Waals surface area contributed by atoms with Gasteiger partial charge in [-0.2, -0.15) is 13.2 Å². The van der Waals surface area contributed by atoms with Gasteiger partial charge in [0.1, 0.15) is 5.82 Å². The topological polar surface area (TPSA) is 41.1 Å². The van der Waals surface area contributed by atoms with Crippen LogP contribution in [-0.4, -0.2) is 6.03 Å². The van der Waals surface area contributed by atoms with Crippen molar-refractivity contribution >= 4 is 23.3 Å². The highest BCUT2D eigenvalue weighted by molar-refractivity contribution is 6.30. The summed E-state index contributed by atoms with van der Waals surface area (Å²) in [7, 11) is 0. The van der Waals surface area contributed by atoms with E-state index < -0.39 is 29.3 Å². The molecule has 0 aliphatic rings. The molecule has 0 aliphatic heterocycles. The monoisotopic (exact) mass is 346 g/mol. The van der Waals surface area contributed by atoms with Gasteiger partial charge < -0.3 is 10.6 Å². The van der Waals surface area contributed by atoms with Gasteiger partial charge in [-0.15, -0.1) is 0 Å². The number of carbonyl (C=O) groups excluding carboxylic acids is 1. The van der Waals surface area contributed by atoms with Crippen LogP contribution in [0.25, 0.3) is 0 Å². The van der Waals surface area contributed by atoms with E-state index in [9.17, 15) is 22.4 Å². The van der Waals surface area contributed by atoms with Crippen molar-refractivity contribution in [2.24, 2.45) is 0 Å². The number of rotatable bonds is 3. The fraction of sp³-hybridized carbons (Fsp3) is 0.133. The number of nitrogens with one attached hydrogen (secondary N) is 2. The molecule has 2 aromatic carbocycles. The van der Waals surface area contributed by atoms with E-state index in [1.54, 1.807) is 6.07 Å². The van der Waals surface area contributed by atoms with Gasteiger partial charge >= 0.3 is 12.2 Å². The molecule has 0 aromatic heterocycles. The van der Waals surface area contributed by atoms with Gasteiger partial charge in [0, 0.05) is 11.6 Å². The van der Waals surface area contributed by atoms with E-state index in [1.165, 1.54) is 24.3 Å². The first kappa shape index (κ1) is 17.1. The Morgan fingerprint density at radius 1 is 1.13 bits per heavy atom. The molecular weight excluding hydrogens is 336 g/mol. The molecule has 8 heteroatoms. The van der Waals surface area contributed by atoms with E-state index in [1.807, 2.05) is 0 Å². The molecule has 0 bridgehead atoms. The molecule has 122 valence electrons. The van der Waals surface area contributed by atoms with Crippen LogP contribution in [0.3, 0.4) is 0 Å². The Morgan fingerprint density at radius 3 is 2.52 bits per heavy atom. The molecule has 0 radical (unpaired) electrons. The molecular formula is C15H11ClF4N2O. The van der Waals surface area contributed by atoms with Crippen LogP contribution in [0.15, 0.2) is 42.5 Å². The van der Waals surface area contributed by atoms with Crippen LogP contribution in [-0.2, 0) is 12.7 Å². The number of benzene rings is 2. The van der Waals surface area contributed by atoms with E-state index in [-0.39, 0.29) is 11.6 Å². The summed E-state index contributed by atoms with van der Waals surface area (Å²) < 4.78 is 51.7. The van der Waals surface area contributed by atoms with Crippen LogP contribution >= 0.6 is 11.6 Å². The summed E-state index contributed by atoms with van der Waals surface area (Å²) in [6.07, 6.45) is -4.66. The van der Waals surface area contributed by atoms with Gasteiger partial charge in [-0.3, -0.25) is 0 Å². The molecule has 2 aromatic rings. The SMILES string of the molecule is O=C(NCc1cccc(F)c1)Nc1ccc(Cl)cc1C(F)(F)F. The van der Waals surface area contributed by atoms with Crippen molar-refractivity contribution in [3.05, 3.63) is 64.4 Å². The van der Waals surface area contributed by atoms with Crippen molar-refractivity contribution in [2.75, 3.05) is 5.32 Å². The Morgan fingerprint density at radius 2 is 1.87 bits per heavy atom. The van der Waals surface area contributed by atoms with Crippen molar-refractivity contribution in [1.29, 1.82) is 0 Å². The van der Waals surface area contributed by atoms with Gasteiger partial charge in [0.05, 0.1) is 11.3 Å². The van der Waals surface area contributed by atoms with Crippen LogP contribution in [0, 0.1) is 5.82 Å². The Kier molecular flexibility index (Phi) is 5.10. The first-order valence-electron chi connectivity index (χ1n) is 6.42. The predicted molar refractivity (Wildman–Crippen MR) is 78.7 cm³/mol. The number of amides is 2. The Hall–Kier alpha value is -2.28. The van der Waals surface area contributed by atoms with Crippen molar-refractivity contribution in [1.82, 2.24) is 5.32 Å². The average Bonchev–Trinajstić information content (AvgIpc) is 2.46. The highest BCUT2D eigenvalue weighted by atomic mass is 35.5. The standard InChI is InChI=1S/C15H11ClF4N2O/c16-10-4-5-13(12(7-10)15(18,19)20)22-14(23)21-8-9-2-1-3-11(17)6-9/h1-7H,8H2,(H2,21,22,23). The first-order chi connectivity index (χ1) is 10.8. The maximum atomic E-state index is 13.0. The third-order valence-electron chi connectivity index (χ3n) is 2.88. The Balaban J connectivity index is 2.06. The largest absolute Gasteiger partial charge is 0.418 e. The number of hydrogen-bond donors (Lipinski definition) is 2. The molecule has 23 heavy (non-hydrogen) atoms. The van der Waals surface area contributed by atoms with Crippen LogP contribution in [0.2, 0.25) is 5.02 Å². The lowest BCUT2D eigenvalue weighted by Crippen LogP contribution is -2.29. The fourth-order valence-corrected chi connectivity index (χ4v) is 2.03. The second-order valence-electron chi connectivity index (χ2n) is 4.63. The van der Waals surface area contributed by atoms with E-state index in [0.29, 0.717) is 5.56 Å². The lowest BCUT2D eigenvalue weighted by atomic mass is 10.1. The molecule has 0 aliphatic carbocycles. The third kappa shape index (κ3) is 4.85. The van der Waals surface area contributed by atoms with Gasteiger partial charge in [0.25, 0.3) is 0 Å². The summed E-state index contributed by atoms with van der Waals surface area (Å²) in [6, 6.07) is 7.67. The number of anilines is 1. The summed E-state index contributed by atoms with van der Waals surface area (Å²) in [5, 5.41) is 4.36. The number of urea groups is 1. The molecule has 2 N–H and O–H groups in total. The molecule has 0 unspecified atom stereocenters. The fourth-order valence-electron chi connectivity index (χ4n) is 1.86. The van der Waals surface area contributed by atoms with Crippen molar-refractivity contribution in [2.45, 2.75) is 12.7 Å². The van der Waals surface area contributed by atoms with E-state index in [0.717, 1.165) is 12.1 Å². The van der Waals surface area contributed by atoms with Crippen molar-refractivity contribution in [3.8, 4) is 0 Å². The minimum Gasteiger partial charge on any atom is -0.334 e. The summed E-state index contributed by atoms with van der Waals surface area (Å²) in [6.45, 7) is -0.0292. The van der Waals surface area contributed by atoms with Crippen LogP contribution in [0.4, 0.5) is 28.0 Å². The van der Waals surface area contributed by atoms with Gasteiger partial charge in [-0.1, -0.05) is 23.7 Å². The molecule has 0 saturated heterocycles. The second-order valence-corrected chi connectivity index (χ2v) is 5.06. The Bertz CT molecular complexity index is 719. The summed E-state index contributed by atoms with van der Waals surface area (Å²) in [4.78, 5) is 11.7. The summed E-state index contributed by atoms with van der Waals surface area (Å²) in [5.74, 6) is -0.471. The van der Waals surface area contributed by atoms with Gasteiger partial charge in [-0.05, 0) is 35.9 Å². The molecule has 0 spiro atoms. The van der Waals surface area contributed by atoms with Crippen molar-refractivity contribution in [3.63, 3.8) is 0 Å². The van der Waals surface area contributed by atoms with Gasteiger partial charge in [-0.25, -0.2) is 9.18 Å². The zero-order chi connectivity index (χ0) is 17.0. The number of carbonyl (C=O) groups is 1. The molecule has 2 amide bonds. The number of hydrogen-bond acceptors (Lipinski definition) is 1. The molecule has 0 atom stereocenters. The minimum atomic E-state index is -4.66. The maximum Gasteiger partial charge on any atom is 0.418 e. The molecule has 2 rings (SSSR count).